The Morgan fingerprint density at radius 3 is 2.48 bits per heavy atom. The molecule has 0 saturated carbocycles. The Morgan fingerprint density at radius 2 is 1.81 bits per heavy atom. The van der Waals surface area contributed by atoms with Crippen LogP contribution in [0.25, 0.3) is 0 Å². The van der Waals surface area contributed by atoms with Crippen LogP contribution in [0.15, 0.2) is 53.8 Å². The Balaban J connectivity index is 1.56. The number of aromatic nitrogens is 3. The standard InChI is InChI=1S/C23H25N5O2S/c1-15-20(16(2)27-23(26-15)31-3)10-11-21(29)28-18-9-6-7-17(13-18)22(30)25-14-19-8-4-5-12-24-19/h4-9,12-13H,10-11,14H2,1-3H3,(H,25,30)(H,28,29). The molecule has 7 nitrogen and oxygen atoms in total. The Hall–Kier alpha value is -3.26. The molecule has 2 N–H and O–H groups in total. The molecular weight excluding hydrogens is 410 g/mol. The molecular formula is C23H25N5O2S. The number of hydrogen-bond donors (Lipinski definition) is 2. The molecule has 8 heteroatoms. The first kappa shape index (κ1) is 22.4. The monoisotopic (exact) mass is 435 g/mol. The van der Waals surface area contributed by atoms with Gasteiger partial charge in [-0.15, -0.1) is 0 Å². The van der Waals surface area contributed by atoms with E-state index >= 15 is 0 Å². The van der Waals surface area contributed by atoms with E-state index in [9.17, 15) is 9.59 Å². The highest BCUT2D eigenvalue weighted by molar-refractivity contribution is 7.98. The van der Waals surface area contributed by atoms with Gasteiger partial charge in [0.1, 0.15) is 0 Å². The second-order valence-corrected chi connectivity index (χ2v) is 7.77. The molecule has 0 aliphatic carbocycles. The Morgan fingerprint density at radius 1 is 1.03 bits per heavy atom. The summed E-state index contributed by atoms with van der Waals surface area (Å²) < 4.78 is 0. The van der Waals surface area contributed by atoms with Crippen LogP contribution in [0, 0.1) is 13.8 Å². The van der Waals surface area contributed by atoms with Crippen molar-refractivity contribution in [2.45, 2.75) is 38.4 Å². The summed E-state index contributed by atoms with van der Waals surface area (Å²) in [5.41, 5.74) is 4.63. The van der Waals surface area contributed by atoms with Gasteiger partial charge in [-0.05, 0) is 62.4 Å². The van der Waals surface area contributed by atoms with Crippen LogP contribution < -0.4 is 10.6 Å². The minimum absolute atomic E-state index is 0.126. The maximum Gasteiger partial charge on any atom is 0.251 e. The van der Waals surface area contributed by atoms with E-state index < -0.39 is 0 Å². The molecule has 0 aliphatic rings. The van der Waals surface area contributed by atoms with Crippen molar-refractivity contribution < 1.29 is 9.59 Å². The van der Waals surface area contributed by atoms with Crippen LogP contribution in [0.1, 0.15) is 39.4 Å². The van der Waals surface area contributed by atoms with Crippen LogP contribution >= 0.6 is 11.8 Å². The number of nitrogens with zero attached hydrogens (tertiary/aromatic N) is 3. The molecule has 1 aromatic carbocycles. The largest absolute Gasteiger partial charge is 0.346 e. The maximum atomic E-state index is 12.5. The van der Waals surface area contributed by atoms with Gasteiger partial charge in [-0.1, -0.05) is 23.9 Å². The molecule has 2 aromatic heterocycles. The fraction of sp³-hybridized carbons (Fsp3) is 0.261. The highest BCUT2D eigenvalue weighted by Gasteiger charge is 2.12. The summed E-state index contributed by atoms with van der Waals surface area (Å²) in [4.78, 5) is 38.0. The minimum atomic E-state index is -0.223. The van der Waals surface area contributed by atoms with Crippen molar-refractivity contribution in [2.75, 3.05) is 11.6 Å². The second-order valence-electron chi connectivity index (χ2n) is 6.99. The fourth-order valence-electron chi connectivity index (χ4n) is 3.14. The second kappa shape index (κ2) is 10.7. The van der Waals surface area contributed by atoms with Gasteiger partial charge in [0.15, 0.2) is 5.16 Å². The fourth-order valence-corrected chi connectivity index (χ4v) is 3.59. The highest BCUT2D eigenvalue weighted by atomic mass is 32.2. The average molecular weight is 436 g/mol. The normalized spacial score (nSPS) is 10.5. The SMILES string of the molecule is CSc1nc(C)c(CCC(=O)Nc2cccc(C(=O)NCc3ccccn3)c2)c(C)n1. The summed E-state index contributed by atoms with van der Waals surface area (Å²) in [6, 6.07) is 12.4. The Labute approximate surface area is 186 Å². The molecule has 0 unspecified atom stereocenters. The molecule has 0 spiro atoms. The van der Waals surface area contributed by atoms with Gasteiger partial charge in [-0.2, -0.15) is 0 Å². The van der Waals surface area contributed by atoms with E-state index in [1.54, 1.807) is 30.5 Å². The topological polar surface area (TPSA) is 96.9 Å². The number of pyridine rings is 1. The van der Waals surface area contributed by atoms with Crippen LogP contribution in [0.3, 0.4) is 0 Å². The number of carbonyl (C=O) groups excluding carboxylic acids is 2. The van der Waals surface area contributed by atoms with Gasteiger partial charge in [0, 0.05) is 35.3 Å². The molecule has 0 bridgehead atoms. The van der Waals surface area contributed by atoms with Gasteiger partial charge in [0.2, 0.25) is 5.91 Å². The van der Waals surface area contributed by atoms with Gasteiger partial charge >= 0.3 is 0 Å². The molecule has 0 fully saturated rings. The lowest BCUT2D eigenvalue weighted by Gasteiger charge is -2.11. The third kappa shape index (κ3) is 6.36. The molecule has 3 aromatic rings. The van der Waals surface area contributed by atoms with Gasteiger partial charge in [-0.3, -0.25) is 14.6 Å². The van der Waals surface area contributed by atoms with Crippen LogP contribution in [-0.4, -0.2) is 33.0 Å². The predicted molar refractivity (Wildman–Crippen MR) is 122 cm³/mol. The number of nitrogens with one attached hydrogen (secondary N) is 2. The quantitative estimate of drug-likeness (QED) is 0.414. The third-order valence-corrected chi connectivity index (χ3v) is 5.30. The lowest BCUT2D eigenvalue weighted by Crippen LogP contribution is -2.23. The minimum Gasteiger partial charge on any atom is -0.346 e. The van der Waals surface area contributed by atoms with Gasteiger partial charge in [0.25, 0.3) is 5.91 Å². The van der Waals surface area contributed by atoms with Crippen LogP contribution in [0.4, 0.5) is 5.69 Å². The number of amides is 2. The molecule has 0 saturated heterocycles. The first-order valence-corrected chi connectivity index (χ1v) is 11.1. The van der Waals surface area contributed by atoms with Gasteiger partial charge < -0.3 is 10.6 Å². The lowest BCUT2D eigenvalue weighted by molar-refractivity contribution is -0.116. The Kier molecular flexibility index (Phi) is 7.72. The van der Waals surface area contributed by atoms with E-state index in [0.717, 1.165) is 27.8 Å². The highest BCUT2D eigenvalue weighted by Crippen LogP contribution is 2.18. The van der Waals surface area contributed by atoms with Crippen LogP contribution in [0.5, 0.6) is 0 Å². The molecule has 0 radical (unpaired) electrons. The van der Waals surface area contributed by atoms with Gasteiger partial charge in [0.05, 0.1) is 12.2 Å². The van der Waals surface area contributed by atoms with Crippen molar-refractivity contribution in [1.82, 2.24) is 20.3 Å². The summed E-state index contributed by atoms with van der Waals surface area (Å²) >= 11 is 1.50. The van der Waals surface area contributed by atoms with Crippen molar-refractivity contribution in [3.8, 4) is 0 Å². The molecule has 3 rings (SSSR count). The molecule has 2 amide bonds. The number of benzene rings is 1. The molecule has 0 atom stereocenters. The van der Waals surface area contributed by atoms with E-state index in [4.69, 9.17) is 0 Å². The van der Waals surface area contributed by atoms with E-state index in [1.165, 1.54) is 11.8 Å². The van der Waals surface area contributed by atoms with Crippen LogP contribution in [-0.2, 0) is 17.8 Å². The molecule has 160 valence electrons. The third-order valence-electron chi connectivity index (χ3n) is 4.75. The lowest BCUT2D eigenvalue weighted by atomic mass is 10.1. The summed E-state index contributed by atoms with van der Waals surface area (Å²) in [7, 11) is 0. The predicted octanol–water partition coefficient (Wildman–Crippen LogP) is 3.71. The van der Waals surface area contributed by atoms with E-state index in [0.29, 0.717) is 30.6 Å². The van der Waals surface area contributed by atoms with E-state index in [1.807, 2.05) is 38.3 Å². The summed E-state index contributed by atoms with van der Waals surface area (Å²) in [6.45, 7) is 4.22. The number of thioether (sulfide) groups is 1. The zero-order chi connectivity index (χ0) is 22.2. The molecule has 2 heterocycles. The summed E-state index contributed by atoms with van der Waals surface area (Å²) in [5, 5.41) is 6.44. The molecule has 31 heavy (non-hydrogen) atoms. The first-order valence-electron chi connectivity index (χ1n) is 9.92. The summed E-state index contributed by atoms with van der Waals surface area (Å²) in [6.07, 6.45) is 4.49. The number of rotatable bonds is 8. The van der Waals surface area contributed by atoms with E-state index in [-0.39, 0.29) is 11.8 Å². The first-order chi connectivity index (χ1) is 15.0. The Bertz CT molecular complexity index is 1050. The van der Waals surface area contributed by atoms with Crippen LogP contribution in [0.2, 0.25) is 0 Å². The zero-order valence-corrected chi connectivity index (χ0v) is 18.6. The molecule has 0 aliphatic heterocycles. The number of hydrogen-bond acceptors (Lipinski definition) is 6. The van der Waals surface area contributed by atoms with Crippen molar-refractivity contribution >= 4 is 29.3 Å². The zero-order valence-electron chi connectivity index (χ0n) is 17.8. The van der Waals surface area contributed by atoms with Crippen molar-refractivity contribution in [2.24, 2.45) is 0 Å². The van der Waals surface area contributed by atoms with E-state index in [2.05, 4.69) is 25.6 Å². The maximum absolute atomic E-state index is 12.5. The number of carbonyl (C=O) groups is 2. The van der Waals surface area contributed by atoms with Gasteiger partial charge in [-0.25, -0.2) is 9.97 Å². The number of anilines is 1. The van der Waals surface area contributed by atoms with Crippen molar-refractivity contribution in [3.63, 3.8) is 0 Å². The van der Waals surface area contributed by atoms with Crippen molar-refractivity contribution in [1.29, 1.82) is 0 Å². The smallest absolute Gasteiger partial charge is 0.251 e. The van der Waals surface area contributed by atoms with Crippen molar-refractivity contribution in [3.05, 3.63) is 76.9 Å². The summed E-state index contributed by atoms with van der Waals surface area (Å²) in [5.74, 6) is -0.349. The average Bonchev–Trinajstić information content (AvgIpc) is 2.77. The number of aryl methyl sites for hydroxylation is 2.